The first-order valence-electron chi connectivity index (χ1n) is 2.48. The van der Waals surface area contributed by atoms with Gasteiger partial charge in [-0.15, -0.1) is 0 Å². The molecule has 7 heteroatoms. The Labute approximate surface area is 56.9 Å². The molecule has 1 heterocycles. The molecule has 1 saturated heterocycles. The lowest BCUT2D eigenvalue weighted by molar-refractivity contribution is -0.471. The maximum absolute atomic E-state index is 12.1. The summed E-state index contributed by atoms with van der Waals surface area (Å²) in [5.41, 5.74) is 0. The molecular formula is C4H2F6O. The summed E-state index contributed by atoms with van der Waals surface area (Å²) in [7, 11) is 0. The van der Waals surface area contributed by atoms with Crippen LogP contribution in [0.5, 0.6) is 0 Å². The third-order valence-corrected chi connectivity index (χ3v) is 1.29. The van der Waals surface area contributed by atoms with E-state index in [1.54, 1.807) is 0 Å². The molecule has 0 aromatic rings. The zero-order chi connectivity index (χ0) is 8.91. The fourth-order valence-corrected chi connectivity index (χ4v) is 0.597. The number of hydrogen-bond donors (Lipinski definition) is 0. The molecule has 0 saturated carbocycles. The van der Waals surface area contributed by atoms with Crippen molar-refractivity contribution in [3.05, 3.63) is 0 Å². The molecule has 0 radical (unpaired) electrons. The van der Waals surface area contributed by atoms with E-state index in [0.29, 0.717) is 0 Å². The molecule has 1 aliphatic heterocycles. The van der Waals surface area contributed by atoms with Crippen molar-refractivity contribution in [3.8, 4) is 0 Å². The van der Waals surface area contributed by atoms with Gasteiger partial charge in [-0.05, 0) is 0 Å². The van der Waals surface area contributed by atoms with Gasteiger partial charge in [0.25, 0.3) is 0 Å². The van der Waals surface area contributed by atoms with Gasteiger partial charge in [0.2, 0.25) is 0 Å². The highest BCUT2D eigenvalue weighted by Crippen LogP contribution is 2.52. The number of ether oxygens (including phenoxy) is 1. The first kappa shape index (κ1) is 8.63. The Balaban J connectivity index is 2.86. The van der Waals surface area contributed by atoms with E-state index in [1.165, 1.54) is 0 Å². The van der Waals surface area contributed by atoms with Crippen molar-refractivity contribution in [1.29, 1.82) is 0 Å². The van der Waals surface area contributed by atoms with Gasteiger partial charge in [-0.2, -0.15) is 26.3 Å². The Bertz CT molecular complexity index is 162. The highest BCUT2D eigenvalue weighted by molar-refractivity contribution is 4.99. The number of rotatable bonds is 0. The van der Waals surface area contributed by atoms with Crippen LogP contribution >= 0.6 is 0 Å². The summed E-state index contributed by atoms with van der Waals surface area (Å²) < 4.78 is 73.2. The van der Waals surface area contributed by atoms with Gasteiger partial charge in [-0.25, -0.2) is 0 Å². The van der Waals surface area contributed by atoms with E-state index in [4.69, 9.17) is 0 Å². The molecule has 0 bridgehead atoms. The zero-order valence-corrected chi connectivity index (χ0v) is 4.88. The molecule has 0 aromatic heterocycles. The van der Waals surface area contributed by atoms with Crippen LogP contribution in [-0.4, -0.2) is 24.6 Å². The predicted molar refractivity (Wildman–Crippen MR) is 20.8 cm³/mol. The summed E-state index contributed by atoms with van der Waals surface area (Å²) in [6, 6.07) is 0. The SMILES string of the molecule is FC(F)(F)C1(F)OCC1(F)F. The molecule has 0 N–H and O–H groups in total. The highest BCUT2D eigenvalue weighted by atomic mass is 19.4. The summed E-state index contributed by atoms with van der Waals surface area (Å²) in [6.07, 6.45) is -5.67. The molecule has 0 spiro atoms. The Morgan fingerprint density at radius 3 is 1.55 bits per heavy atom. The average molecular weight is 180 g/mol. The molecule has 1 atom stereocenters. The Morgan fingerprint density at radius 1 is 1.09 bits per heavy atom. The molecular weight excluding hydrogens is 178 g/mol. The standard InChI is InChI=1S/C4H2F6O/c5-2(6)1-11-3(2,7)4(8,9)10/h1H2. The Hall–Kier alpha value is -0.460. The van der Waals surface area contributed by atoms with E-state index in [1.807, 2.05) is 0 Å². The molecule has 1 fully saturated rings. The molecule has 66 valence electrons. The van der Waals surface area contributed by atoms with Gasteiger partial charge in [-0.1, -0.05) is 0 Å². The largest absolute Gasteiger partial charge is 0.455 e. The lowest BCUT2D eigenvalue weighted by atomic mass is 10.1. The van der Waals surface area contributed by atoms with Crippen molar-refractivity contribution >= 4 is 0 Å². The second kappa shape index (κ2) is 1.82. The van der Waals surface area contributed by atoms with Gasteiger partial charge in [0.1, 0.15) is 6.61 Å². The minimum Gasteiger partial charge on any atom is -0.328 e. The maximum Gasteiger partial charge on any atom is 0.455 e. The van der Waals surface area contributed by atoms with E-state index >= 15 is 0 Å². The van der Waals surface area contributed by atoms with Gasteiger partial charge in [0.15, 0.2) is 0 Å². The molecule has 1 aliphatic rings. The quantitative estimate of drug-likeness (QED) is 0.517. The molecule has 11 heavy (non-hydrogen) atoms. The van der Waals surface area contributed by atoms with Crippen LogP contribution in [0.25, 0.3) is 0 Å². The molecule has 0 aliphatic carbocycles. The van der Waals surface area contributed by atoms with Crippen LogP contribution in [0.3, 0.4) is 0 Å². The number of halogens is 6. The molecule has 0 amide bonds. The van der Waals surface area contributed by atoms with E-state index in [9.17, 15) is 26.3 Å². The Kier molecular flexibility index (Phi) is 1.43. The molecule has 0 aromatic carbocycles. The van der Waals surface area contributed by atoms with Crippen molar-refractivity contribution in [3.63, 3.8) is 0 Å². The van der Waals surface area contributed by atoms with Gasteiger partial charge in [0.05, 0.1) is 0 Å². The summed E-state index contributed by atoms with van der Waals surface area (Å²) >= 11 is 0. The zero-order valence-electron chi connectivity index (χ0n) is 4.88. The second-order valence-electron chi connectivity index (χ2n) is 2.09. The van der Waals surface area contributed by atoms with Crippen LogP contribution < -0.4 is 0 Å². The summed E-state index contributed by atoms with van der Waals surface area (Å²) in [5, 5.41) is 0. The predicted octanol–water partition coefficient (Wildman–Crippen LogP) is 1.88. The van der Waals surface area contributed by atoms with E-state index in [-0.39, 0.29) is 0 Å². The lowest BCUT2D eigenvalue weighted by Gasteiger charge is -2.42. The van der Waals surface area contributed by atoms with Gasteiger partial charge in [0, 0.05) is 0 Å². The molecule has 1 unspecified atom stereocenters. The van der Waals surface area contributed by atoms with Crippen LogP contribution in [0.15, 0.2) is 0 Å². The molecule has 1 rings (SSSR count). The second-order valence-corrected chi connectivity index (χ2v) is 2.09. The number of alkyl halides is 6. The van der Waals surface area contributed by atoms with Crippen LogP contribution in [-0.2, 0) is 4.74 Å². The summed E-state index contributed by atoms with van der Waals surface area (Å²) in [6.45, 7) is -1.52. The minimum atomic E-state index is -5.67. The fraction of sp³-hybridized carbons (Fsp3) is 1.00. The Morgan fingerprint density at radius 2 is 1.55 bits per heavy atom. The first-order chi connectivity index (χ1) is 4.71. The van der Waals surface area contributed by atoms with Gasteiger partial charge in [-0.3, -0.25) is 0 Å². The topological polar surface area (TPSA) is 9.23 Å². The van der Waals surface area contributed by atoms with Crippen molar-refractivity contribution in [2.45, 2.75) is 18.0 Å². The van der Waals surface area contributed by atoms with Crippen molar-refractivity contribution < 1.29 is 31.1 Å². The monoisotopic (exact) mass is 180 g/mol. The molecule has 1 nitrogen and oxygen atoms in total. The van der Waals surface area contributed by atoms with E-state index in [2.05, 4.69) is 4.74 Å². The average Bonchev–Trinajstić information content (AvgIpc) is 1.81. The van der Waals surface area contributed by atoms with E-state index < -0.39 is 24.6 Å². The van der Waals surface area contributed by atoms with Gasteiger partial charge < -0.3 is 4.74 Å². The third kappa shape index (κ3) is 0.901. The van der Waals surface area contributed by atoms with Crippen molar-refractivity contribution in [1.82, 2.24) is 0 Å². The van der Waals surface area contributed by atoms with E-state index in [0.717, 1.165) is 0 Å². The van der Waals surface area contributed by atoms with Crippen LogP contribution in [0.4, 0.5) is 26.3 Å². The minimum absolute atomic E-state index is 1.52. The van der Waals surface area contributed by atoms with Crippen LogP contribution in [0.2, 0.25) is 0 Å². The summed E-state index contributed by atoms with van der Waals surface area (Å²) in [5.74, 6) is -9.23. The van der Waals surface area contributed by atoms with Crippen molar-refractivity contribution in [2.75, 3.05) is 6.61 Å². The third-order valence-electron chi connectivity index (χ3n) is 1.29. The number of hydrogen-bond acceptors (Lipinski definition) is 1. The smallest absolute Gasteiger partial charge is 0.328 e. The fourth-order valence-electron chi connectivity index (χ4n) is 0.597. The summed E-state index contributed by atoms with van der Waals surface area (Å²) in [4.78, 5) is 0. The normalized spacial score (nSPS) is 36.5. The van der Waals surface area contributed by atoms with Crippen molar-refractivity contribution in [2.24, 2.45) is 0 Å². The van der Waals surface area contributed by atoms with Gasteiger partial charge >= 0.3 is 18.0 Å². The first-order valence-corrected chi connectivity index (χ1v) is 2.48. The highest BCUT2D eigenvalue weighted by Gasteiger charge is 2.79. The maximum atomic E-state index is 12.1. The van der Waals surface area contributed by atoms with Crippen LogP contribution in [0.1, 0.15) is 0 Å². The van der Waals surface area contributed by atoms with Crippen LogP contribution in [0, 0.1) is 0 Å². The lowest BCUT2D eigenvalue weighted by Crippen LogP contribution is -2.68.